The number of carboxylic acid groups (broad SMARTS) is 1. The highest BCUT2D eigenvalue weighted by molar-refractivity contribution is 5.95. The Labute approximate surface area is 170 Å². The number of hydrogen-bond donors (Lipinski definition) is 1. The molecule has 0 saturated carbocycles. The van der Waals surface area contributed by atoms with Crippen LogP contribution in [0.2, 0.25) is 0 Å². The molecular formula is C23H25N3O3. The zero-order valence-electron chi connectivity index (χ0n) is 16.7. The summed E-state index contributed by atoms with van der Waals surface area (Å²) in [5.41, 5.74) is 3.17. The van der Waals surface area contributed by atoms with Gasteiger partial charge in [0.1, 0.15) is 11.3 Å². The van der Waals surface area contributed by atoms with Crippen molar-refractivity contribution in [2.75, 3.05) is 4.90 Å². The van der Waals surface area contributed by atoms with E-state index in [9.17, 15) is 14.7 Å². The highest BCUT2D eigenvalue weighted by atomic mass is 16.4. The normalized spacial score (nSPS) is 10.7. The molecule has 0 aliphatic carbocycles. The quantitative estimate of drug-likeness (QED) is 0.613. The number of carbonyl (C=O) groups excluding carboxylic acids is 1. The Balaban J connectivity index is 1.84. The van der Waals surface area contributed by atoms with Crippen LogP contribution in [0.25, 0.3) is 11.3 Å². The predicted octanol–water partition coefficient (Wildman–Crippen LogP) is 4.51. The Kier molecular flexibility index (Phi) is 6.44. The van der Waals surface area contributed by atoms with Crippen molar-refractivity contribution in [2.45, 2.75) is 32.7 Å². The lowest BCUT2D eigenvalue weighted by Gasteiger charge is -2.23. The van der Waals surface area contributed by atoms with E-state index in [-0.39, 0.29) is 11.5 Å². The van der Waals surface area contributed by atoms with Gasteiger partial charge in [0.15, 0.2) is 0 Å². The highest BCUT2D eigenvalue weighted by Gasteiger charge is 2.18. The maximum Gasteiger partial charge on any atom is 0.339 e. The molecule has 0 radical (unpaired) electrons. The van der Waals surface area contributed by atoms with Crippen molar-refractivity contribution >= 4 is 17.6 Å². The van der Waals surface area contributed by atoms with Gasteiger partial charge in [-0.2, -0.15) is 5.10 Å². The summed E-state index contributed by atoms with van der Waals surface area (Å²) in [5.74, 6) is -0.908. The summed E-state index contributed by atoms with van der Waals surface area (Å²) in [6.45, 7) is 2.53. The number of benzene rings is 2. The second kappa shape index (κ2) is 9.19. The van der Waals surface area contributed by atoms with Crippen LogP contribution in [0, 0.1) is 0 Å². The molecule has 0 unspecified atom stereocenters. The third kappa shape index (κ3) is 4.90. The van der Waals surface area contributed by atoms with Crippen molar-refractivity contribution in [2.24, 2.45) is 7.05 Å². The van der Waals surface area contributed by atoms with Crippen molar-refractivity contribution in [3.63, 3.8) is 0 Å². The van der Waals surface area contributed by atoms with E-state index < -0.39 is 5.97 Å². The van der Waals surface area contributed by atoms with Gasteiger partial charge in [0.05, 0.1) is 6.54 Å². The molecule has 3 aromatic rings. The van der Waals surface area contributed by atoms with E-state index in [2.05, 4.69) is 12.0 Å². The summed E-state index contributed by atoms with van der Waals surface area (Å²) in [6.07, 6.45) is 3.84. The number of aryl methyl sites for hydroxylation is 1. The smallest absolute Gasteiger partial charge is 0.339 e. The van der Waals surface area contributed by atoms with Crippen molar-refractivity contribution in [3.05, 3.63) is 71.9 Å². The van der Waals surface area contributed by atoms with E-state index >= 15 is 0 Å². The fraction of sp³-hybridized carbons (Fsp3) is 0.261. The number of carboxylic acids is 1. The number of aromatic carboxylic acids is 1. The van der Waals surface area contributed by atoms with Crippen LogP contribution in [0.4, 0.5) is 5.69 Å². The zero-order chi connectivity index (χ0) is 20.8. The first-order valence-corrected chi connectivity index (χ1v) is 9.71. The monoisotopic (exact) mass is 391 g/mol. The van der Waals surface area contributed by atoms with E-state index in [1.807, 2.05) is 54.6 Å². The van der Waals surface area contributed by atoms with E-state index in [0.717, 1.165) is 29.7 Å². The number of nitrogens with zero attached hydrogens (tertiary/aromatic N) is 3. The summed E-state index contributed by atoms with van der Waals surface area (Å²) in [7, 11) is 1.70. The molecule has 2 aromatic carbocycles. The van der Waals surface area contributed by atoms with E-state index in [1.54, 1.807) is 11.9 Å². The van der Waals surface area contributed by atoms with E-state index in [4.69, 9.17) is 0 Å². The zero-order valence-corrected chi connectivity index (χ0v) is 16.7. The minimum Gasteiger partial charge on any atom is -0.478 e. The maximum atomic E-state index is 12.8. The molecule has 0 aliphatic rings. The second-order valence-electron chi connectivity index (χ2n) is 6.99. The SMILES string of the molecule is CCCCC(=O)N(Cc1ccc(-c2nn(C)cc2C(=O)O)cc1)c1ccccc1. The number of para-hydroxylation sites is 1. The molecule has 0 fully saturated rings. The fourth-order valence-electron chi connectivity index (χ4n) is 3.20. The number of aromatic nitrogens is 2. The molecule has 0 saturated heterocycles. The molecule has 3 rings (SSSR count). The van der Waals surface area contributed by atoms with Crippen LogP contribution < -0.4 is 4.90 Å². The van der Waals surface area contributed by atoms with Gasteiger partial charge >= 0.3 is 5.97 Å². The predicted molar refractivity (Wildman–Crippen MR) is 113 cm³/mol. The Morgan fingerprint density at radius 3 is 2.38 bits per heavy atom. The first kappa shape index (κ1) is 20.3. The van der Waals surface area contributed by atoms with Crippen molar-refractivity contribution in [1.82, 2.24) is 9.78 Å². The van der Waals surface area contributed by atoms with Crippen molar-refractivity contribution in [1.29, 1.82) is 0 Å². The average Bonchev–Trinajstić information content (AvgIpc) is 3.13. The Morgan fingerprint density at radius 2 is 1.76 bits per heavy atom. The summed E-state index contributed by atoms with van der Waals surface area (Å²) in [4.78, 5) is 26.0. The topological polar surface area (TPSA) is 75.4 Å². The van der Waals surface area contributed by atoms with Crippen LogP contribution in [0.3, 0.4) is 0 Å². The van der Waals surface area contributed by atoms with Gasteiger partial charge in [0.25, 0.3) is 0 Å². The van der Waals surface area contributed by atoms with Crippen LogP contribution in [0.1, 0.15) is 42.1 Å². The van der Waals surface area contributed by atoms with E-state index in [1.165, 1.54) is 10.9 Å². The van der Waals surface area contributed by atoms with Gasteiger partial charge in [-0.25, -0.2) is 4.79 Å². The summed E-state index contributed by atoms with van der Waals surface area (Å²) in [6, 6.07) is 17.2. The van der Waals surface area contributed by atoms with Crippen LogP contribution >= 0.6 is 0 Å². The molecule has 1 heterocycles. The lowest BCUT2D eigenvalue weighted by Crippen LogP contribution is -2.30. The molecule has 29 heavy (non-hydrogen) atoms. The second-order valence-corrected chi connectivity index (χ2v) is 6.99. The molecule has 1 N–H and O–H groups in total. The minimum absolute atomic E-state index is 0.0972. The van der Waals surface area contributed by atoms with Gasteiger partial charge in [-0.05, 0) is 24.1 Å². The van der Waals surface area contributed by atoms with Gasteiger partial charge in [-0.15, -0.1) is 0 Å². The molecule has 6 nitrogen and oxygen atoms in total. The first-order chi connectivity index (χ1) is 14.0. The van der Waals surface area contributed by atoms with Gasteiger partial charge < -0.3 is 10.0 Å². The molecule has 0 aliphatic heterocycles. The van der Waals surface area contributed by atoms with E-state index in [0.29, 0.717) is 18.7 Å². The highest BCUT2D eigenvalue weighted by Crippen LogP contribution is 2.24. The van der Waals surface area contributed by atoms with Crippen LogP contribution in [-0.4, -0.2) is 26.8 Å². The third-order valence-electron chi connectivity index (χ3n) is 4.74. The van der Waals surface area contributed by atoms with Gasteiger partial charge in [0.2, 0.25) is 5.91 Å². The van der Waals surface area contributed by atoms with Crippen molar-refractivity contribution in [3.8, 4) is 11.3 Å². The largest absolute Gasteiger partial charge is 0.478 e. The first-order valence-electron chi connectivity index (χ1n) is 9.71. The van der Waals surface area contributed by atoms with Gasteiger partial charge in [-0.1, -0.05) is 55.8 Å². The summed E-state index contributed by atoms with van der Waals surface area (Å²) >= 11 is 0. The van der Waals surface area contributed by atoms with Crippen LogP contribution in [0.5, 0.6) is 0 Å². The summed E-state index contributed by atoms with van der Waals surface area (Å²) < 4.78 is 1.50. The number of carbonyl (C=O) groups is 2. The molecular weight excluding hydrogens is 366 g/mol. The number of amides is 1. The van der Waals surface area contributed by atoms with Gasteiger partial charge in [-0.3, -0.25) is 9.48 Å². The average molecular weight is 391 g/mol. The number of rotatable bonds is 8. The molecule has 1 amide bonds. The standard InChI is InChI=1S/C23H25N3O3/c1-3-4-10-21(27)26(19-8-6-5-7-9-19)15-17-11-13-18(14-12-17)22-20(23(28)29)16-25(2)24-22/h5-9,11-14,16H,3-4,10,15H2,1-2H3,(H,28,29). The molecule has 6 heteroatoms. The minimum atomic E-state index is -1.01. The Morgan fingerprint density at radius 1 is 1.07 bits per heavy atom. The van der Waals surface area contributed by atoms with Crippen LogP contribution in [0.15, 0.2) is 60.8 Å². The number of anilines is 1. The summed E-state index contributed by atoms with van der Waals surface area (Å²) in [5, 5.41) is 13.6. The molecule has 1 aromatic heterocycles. The third-order valence-corrected chi connectivity index (χ3v) is 4.74. The lowest BCUT2D eigenvalue weighted by atomic mass is 10.1. The maximum absolute atomic E-state index is 12.8. The molecule has 0 spiro atoms. The fourth-order valence-corrected chi connectivity index (χ4v) is 3.20. The van der Waals surface area contributed by atoms with Crippen LogP contribution in [-0.2, 0) is 18.4 Å². The number of unbranched alkanes of at least 4 members (excludes halogenated alkanes) is 1. The number of hydrogen-bond acceptors (Lipinski definition) is 3. The van der Waals surface area contributed by atoms with Crippen molar-refractivity contribution < 1.29 is 14.7 Å². The molecule has 0 bridgehead atoms. The van der Waals surface area contributed by atoms with Gasteiger partial charge in [0, 0.05) is 30.9 Å². The Bertz CT molecular complexity index is 978. The molecule has 0 atom stereocenters. The molecule has 150 valence electrons. The lowest BCUT2D eigenvalue weighted by molar-refractivity contribution is -0.118. The Hall–Kier alpha value is -3.41.